The standard InChI is InChI=1S/C24H35N5O3/c1-18-7-3-4-14-28(18)16-6-13-25-23(30)20-8-5-15-29(17-20)24-26-22(27-32-24)19-9-11-21(31-2)12-10-19/h9-12,18,20H,3-8,13-17H2,1-2H3,(H,25,30)/t18-,20-/m1/s1. The normalized spacial score (nSPS) is 22.0. The second-order valence-corrected chi connectivity index (χ2v) is 8.94. The highest BCUT2D eigenvalue weighted by molar-refractivity contribution is 5.79. The number of ether oxygens (including phenoxy) is 1. The minimum Gasteiger partial charge on any atom is -0.497 e. The second-order valence-electron chi connectivity index (χ2n) is 8.94. The Morgan fingerprint density at radius 3 is 2.81 bits per heavy atom. The molecule has 2 aromatic rings. The Hall–Kier alpha value is -2.61. The Balaban J connectivity index is 1.25. The van der Waals surface area contributed by atoms with Crippen molar-refractivity contribution < 1.29 is 14.1 Å². The Bertz CT molecular complexity index is 869. The number of nitrogens with one attached hydrogen (secondary N) is 1. The van der Waals surface area contributed by atoms with Crippen molar-refractivity contribution in [1.82, 2.24) is 20.4 Å². The molecule has 1 amide bonds. The average molecular weight is 442 g/mol. The molecule has 2 fully saturated rings. The summed E-state index contributed by atoms with van der Waals surface area (Å²) in [5, 5.41) is 7.27. The second kappa shape index (κ2) is 10.8. The number of carbonyl (C=O) groups excluding carboxylic acids is 1. The van der Waals surface area contributed by atoms with Crippen LogP contribution in [-0.2, 0) is 4.79 Å². The molecule has 2 saturated heterocycles. The molecule has 1 aromatic carbocycles. The van der Waals surface area contributed by atoms with Crippen LogP contribution < -0.4 is 15.0 Å². The van der Waals surface area contributed by atoms with E-state index >= 15 is 0 Å². The monoisotopic (exact) mass is 441 g/mol. The predicted molar refractivity (Wildman–Crippen MR) is 124 cm³/mol. The van der Waals surface area contributed by atoms with Crippen LogP contribution in [0.15, 0.2) is 28.8 Å². The van der Waals surface area contributed by atoms with Crippen molar-refractivity contribution in [2.24, 2.45) is 5.92 Å². The lowest BCUT2D eigenvalue weighted by Gasteiger charge is -2.33. The maximum absolute atomic E-state index is 12.7. The molecule has 3 heterocycles. The number of rotatable bonds is 8. The van der Waals surface area contributed by atoms with E-state index < -0.39 is 0 Å². The van der Waals surface area contributed by atoms with E-state index in [0.717, 1.165) is 50.2 Å². The lowest BCUT2D eigenvalue weighted by Crippen LogP contribution is -2.44. The predicted octanol–water partition coefficient (Wildman–Crippen LogP) is 3.34. The zero-order valence-corrected chi connectivity index (χ0v) is 19.3. The largest absolute Gasteiger partial charge is 0.497 e. The van der Waals surface area contributed by atoms with Gasteiger partial charge in [-0.15, -0.1) is 0 Å². The Morgan fingerprint density at radius 2 is 2.03 bits per heavy atom. The first-order valence-electron chi connectivity index (χ1n) is 11.9. The molecule has 4 rings (SSSR count). The van der Waals surface area contributed by atoms with Crippen molar-refractivity contribution in [3.63, 3.8) is 0 Å². The number of amides is 1. The van der Waals surface area contributed by atoms with Crippen LogP contribution in [0.1, 0.15) is 45.4 Å². The van der Waals surface area contributed by atoms with Gasteiger partial charge in [0, 0.05) is 37.8 Å². The molecule has 2 atom stereocenters. The summed E-state index contributed by atoms with van der Waals surface area (Å²) in [7, 11) is 1.64. The fourth-order valence-electron chi connectivity index (χ4n) is 4.69. The molecule has 32 heavy (non-hydrogen) atoms. The van der Waals surface area contributed by atoms with Crippen molar-refractivity contribution in [2.45, 2.75) is 51.5 Å². The van der Waals surface area contributed by atoms with Crippen LogP contribution in [0.3, 0.4) is 0 Å². The number of nitrogens with zero attached hydrogens (tertiary/aromatic N) is 4. The zero-order chi connectivity index (χ0) is 22.3. The number of methoxy groups -OCH3 is 1. The van der Waals surface area contributed by atoms with Crippen molar-refractivity contribution in [3.8, 4) is 17.1 Å². The molecule has 8 nitrogen and oxygen atoms in total. The summed E-state index contributed by atoms with van der Waals surface area (Å²) < 4.78 is 10.7. The Labute approximate surface area is 190 Å². The molecule has 174 valence electrons. The van der Waals surface area contributed by atoms with Crippen molar-refractivity contribution >= 4 is 11.9 Å². The minimum absolute atomic E-state index is 0.0472. The fraction of sp³-hybridized carbons (Fsp3) is 0.625. The number of piperidine rings is 2. The molecule has 0 radical (unpaired) electrons. The van der Waals surface area contributed by atoms with Crippen LogP contribution in [0, 0.1) is 5.92 Å². The van der Waals surface area contributed by atoms with Crippen molar-refractivity contribution in [3.05, 3.63) is 24.3 Å². The molecule has 0 unspecified atom stereocenters. The molecule has 2 aliphatic rings. The third-order valence-electron chi connectivity index (χ3n) is 6.69. The summed E-state index contributed by atoms with van der Waals surface area (Å²) in [5.74, 6) is 1.42. The van der Waals surface area contributed by atoms with E-state index in [4.69, 9.17) is 9.26 Å². The van der Waals surface area contributed by atoms with Crippen LogP contribution in [0.5, 0.6) is 5.75 Å². The first kappa shape index (κ1) is 22.6. The molecule has 0 spiro atoms. The van der Waals surface area contributed by atoms with E-state index in [9.17, 15) is 4.79 Å². The highest BCUT2D eigenvalue weighted by Crippen LogP contribution is 2.26. The van der Waals surface area contributed by atoms with E-state index in [0.29, 0.717) is 24.4 Å². The van der Waals surface area contributed by atoms with Crippen LogP contribution in [0.2, 0.25) is 0 Å². The quantitative estimate of drug-likeness (QED) is 0.629. The first-order chi connectivity index (χ1) is 15.6. The van der Waals surface area contributed by atoms with E-state index in [1.807, 2.05) is 29.2 Å². The summed E-state index contributed by atoms with van der Waals surface area (Å²) in [6.07, 6.45) is 6.76. The van der Waals surface area contributed by atoms with E-state index in [-0.39, 0.29) is 11.8 Å². The van der Waals surface area contributed by atoms with Crippen LogP contribution >= 0.6 is 0 Å². The summed E-state index contributed by atoms with van der Waals surface area (Å²) in [6.45, 7) is 6.73. The maximum atomic E-state index is 12.7. The van der Waals surface area contributed by atoms with Gasteiger partial charge in [0.25, 0.3) is 0 Å². The molecule has 0 saturated carbocycles. The molecule has 1 N–H and O–H groups in total. The van der Waals surface area contributed by atoms with E-state index in [2.05, 4.69) is 27.3 Å². The van der Waals surface area contributed by atoms with E-state index in [1.54, 1.807) is 7.11 Å². The molecular formula is C24H35N5O3. The molecule has 2 aliphatic heterocycles. The van der Waals surface area contributed by atoms with Gasteiger partial charge in [0.1, 0.15) is 5.75 Å². The highest BCUT2D eigenvalue weighted by atomic mass is 16.5. The van der Waals surface area contributed by atoms with E-state index in [1.165, 1.54) is 25.8 Å². The summed E-state index contributed by atoms with van der Waals surface area (Å²) in [5.41, 5.74) is 0.870. The number of benzene rings is 1. The van der Waals surface area contributed by atoms with Gasteiger partial charge in [-0.2, -0.15) is 4.98 Å². The lowest BCUT2D eigenvalue weighted by atomic mass is 9.97. The number of carbonyl (C=O) groups is 1. The van der Waals surface area contributed by atoms with Gasteiger partial charge in [-0.3, -0.25) is 4.79 Å². The third-order valence-corrected chi connectivity index (χ3v) is 6.69. The Kier molecular flexibility index (Phi) is 7.63. The number of likely N-dealkylation sites (tertiary alicyclic amines) is 1. The SMILES string of the molecule is COc1ccc(-c2noc(N3CCC[C@@H](C(=O)NCCCN4CCCC[C@H]4C)C3)n2)cc1. The number of anilines is 1. The third kappa shape index (κ3) is 5.59. The molecular weight excluding hydrogens is 406 g/mol. The lowest BCUT2D eigenvalue weighted by molar-refractivity contribution is -0.125. The van der Waals surface area contributed by atoms with Crippen LogP contribution in [-0.4, -0.2) is 66.8 Å². The topological polar surface area (TPSA) is 83.7 Å². The zero-order valence-electron chi connectivity index (χ0n) is 19.3. The number of hydrogen-bond acceptors (Lipinski definition) is 7. The van der Waals surface area contributed by atoms with Gasteiger partial charge >= 0.3 is 6.01 Å². The minimum atomic E-state index is -0.0472. The van der Waals surface area contributed by atoms with Crippen LogP contribution in [0.4, 0.5) is 6.01 Å². The summed E-state index contributed by atoms with van der Waals surface area (Å²) >= 11 is 0. The van der Waals surface area contributed by atoms with Crippen molar-refractivity contribution in [2.75, 3.05) is 44.7 Å². The Morgan fingerprint density at radius 1 is 1.19 bits per heavy atom. The van der Waals surface area contributed by atoms with Gasteiger partial charge in [-0.05, 0) is 69.8 Å². The van der Waals surface area contributed by atoms with Gasteiger partial charge in [0.2, 0.25) is 11.7 Å². The maximum Gasteiger partial charge on any atom is 0.324 e. The summed E-state index contributed by atoms with van der Waals surface area (Å²) in [4.78, 5) is 21.9. The number of hydrogen-bond donors (Lipinski definition) is 1. The molecule has 8 heteroatoms. The van der Waals surface area contributed by atoms with Crippen LogP contribution in [0.25, 0.3) is 11.4 Å². The molecule has 1 aromatic heterocycles. The van der Waals surface area contributed by atoms with Gasteiger partial charge in [-0.25, -0.2) is 0 Å². The highest BCUT2D eigenvalue weighted by Gasteiger charge is 2.28. The first-order valence-corrected chi connectivity index (χ1v) is 11.9. The molecule has 0 aliphatic carbocycles. The van der Waals surface area contributed by atoms with Gasteiger partial charge in [0.15, 0.2) is 0 Å². The van der Waals surface area contributed by atoms with Gasteiger partial charge < -0.3 is 24.4 Å². The fourth-order valence-corrected chi connectivity index (χ4v) is 4.69. The van der Waals surface area contributed by atoms with Crippen molar-refractivity contribution in [1.29, 1.82) is 0 Å². The molecule has 0 bridgehead atoms. The van der Waals surface area contributed by atoms with Gasteiger partial charge in [0.05, 0.1) is 13.0 Å². The number of aromatic nitrogens is 2. The summed E-state index contributed by atoms with van der Waals surface area (Å²) in [6, 6.07) is 8.71. The smallest absolute Gasteiger partial charge is 0.324 e. The van der Waals surface area contributed by atoms with Gasteiger partial charge in [-0.1, -0.05) is 11.6 Å². The average Bonchev–Trinajstić information content (AvgIpc) is 3.33.